The summed E-state index contributed by atoms with van der Waals surface area (Å²) < 4.78 is 37.0. The number of rotatable bonds is 6. The highest BCUT2D eigenvalue weighted by Crippen LogP contribution is 2.39. The molecular weight excluding hydrogens is 438 g/mol. The van der Waals surface area contributed by atoms with Crippen LogP contribution >= 0.6 is 11.6 Å². The van der Waals surface area contributed by atoms with Crippen LogP contribution in [-0.2, 0) is 10.0 Å². The van der Waals surface area contributed by atoms with Crippen LogP contribution in [0.1, 0.15) is 30.5 Å². The summed E-state index contributed by atoms with van der Waals surface area (Å²) in [7, 11) is -2.04. The number of nitrogens with zero attached hydrogens (tertiary/aromatic N) is 3. The van der Waals surface area contributed by atoms with Gasteiger partial charge in [0.2, 0.25) is 10.0 Å². The summed E-state index contributed by atoms with van der Waals surface area (Å²) in [5.41, 5.74) is 2.71. The van der Waals surface area contributed by atoms with Crippen molar-refractivity contribution in [3.05, 3.63) is 64.8 Å². The molecule has 0 amide bonds. The number of methoxy groups -OCH3 is 1. The van der Waals surface area contributed by atoms with Gasteiger partial charge in [0.15, 0.2) is 0 Å². The maximum Gasteiger partial charge on any atom is 0.247 e. The molecule has 1 aliphatic rings. The molecule has 0 fully saturated rings. The molecule has 2 aromatic carbocycles. The summed E-state index contributed by atoms with van der Waals surface area (Å²) in [6.45, 7) is 2.40. The van der Waals surface area contributed by atoms with Crippen molar-refractivity contribution in [3.8, 4) is 11.5 Å². The predicted molar refractivity (Wildman–Crippen MR) is 121 cm³/mol. The molecule has 1 aromatic heterocycles. The first-order valence-corrected chi connectivity index (χ1v) is 12.0. The third kappa shape index (κ3) is 4.18. The van der Waals surface area contributed by atoms with Gasteiger partial charge in [-0.1, -0.05) is 23.7 Å². The first-order chi connectivity index (χ1) is 14.8. The van der Waals surface area contributed by atoms with Crippen molar-refractivity contribution in [2.45, 2.75) is 19.4 Å². The lowest BCUT2D eigenvalue weighted by atomic mass is 9.99. The fraction of sp³-hybridized carbons (Fsp3) is 0.273. The van der Waals surface area contributed by atoms with E-state index in [-0.39, 0.29) is 5.15 Å². The van der Waals surface area contributed by atoms with Crippen molar-refractivity contribution in [2.24, 2.45) is 5.10 Å². The number of pyridine rings is 1. The molecule has 0 spiro atoms. The van der Waals surface area contributed by atoms with Gasteiger partial charge in [-0.05, 0) is 48.9 Å². The molecule has 1 aliphatic heterocycles. The summed E-state index contributed by atoms with van der Waals surface area (Å²) in [6, 6.07) is 14.2. The number of ether oxygens (including phenoxy) is 2. The Morgan fingerprint density at radius 2 is 1.94 bits per heavy atom. The van der Waals surface area contributed by atoms with Crippen LogP contribution in [0.15, 0.2) is 53.6 Å². The summed E-state index contributed by atoms with van der Waals surface area (Å²) in [5, 5.41) is 5.46. The molecule has 0 radical (unpaired) electrons. The van der Waals surface area contributed by atoms with Crippen molar-refractivity contribution >= 4 is 38.2 Å². The van der Waals surface area contributed by atoms with Crippen LogP contribution in [0.3, 0.4) is 0 Å². The van der Waals surface area contributed by atoms with Gasteiger partial charge in [-0.2, -0.15) is 9.52 Å². The second kappa shape index (κ2) is 8.36. The average Bonchev–Trinajstić information content (AvgIpc) is 3.20. The first-order valence-electron chi connectivity index (χ1n) is 9.75. The van der Waals surface area contributed by atoms with E-state index in [1.165, 1.54) is 0 Å². The Kier molecular flexibility index (Phi) is 5.77. The molecule has 9 heteroatoms. The maximum atomic E-state index is 12.5. The smallest absolute Gasteiger partial charge is 0.247 e. The minimum Gasteiger partial charge on any atom is -0.497 e. The van der Waals surface area contributed by atoms with Crippen LogP contribution in [0, 0.1) is 0 Å². The second-order valence-corrected chi connectivity index (χ2v) is 9.36. The average molecular weight is 460 g/mol. The van der Waals surface area contributed by atoms with E-state index in [0.717, 1.165) is 21.6 Å². The van der Waals surface area contributed by atoms with Crippen LogP contribution in [0.5, 0.6) is 11.5 Å². The largest absolute Gasteiger partial charge is 0.497 e. The minimum absolute atomic E-state index is 0.226. The van der Waals surface area contributed by atoms with Gasteiger partial charge in [-0.15, -0.1) is 0 Å². The number of para-hydroxylation sites is 1. The number of sulfonamides is 1. The number of aromatic nitrogens is 1. The molecule has 0 unspecified atom stereocenters. The van der Waals surface area contributed by atoms with Gasteiger partial charge in [-0.3, -0.25) is 0 Å². The Morgan fingerprint density at radius 3 is 2.58 bits per heavy atom. The molecule has 3 aromatic rings. The maximum absolute atomic E-state index is 12.5. The van der Waals surface area contributed by atoms with E-state index in [1.807, 2.05) is 55.5 Å². The van der Waals surface area contributed by atoms with Gasteiger partial charge in [-0.25, -0.2) is 13.4 Å². The van der Waals surface area contributed by atoms with Crippen LogP contribution in [0.4, 0.5) is 0 Å². The Bertz CT molecular complexity index is 1260. The fourth-order valence-electron chi connectivity index (χ4n) is 3.65. The van der Waals surface area contributed by atoms with Crippen molar-refractivity contribution in [1.82, 2.24) is 9.40 Å². The molecule has 162 valence electrons. The number of fused-ring (bicyclic) bond motifs is 1. The molecule has 0 bridgehead atoms. The van der Waals surface area contributed by atoms with E-state index in [9.17, 15) is 8.42 Å². The standard InChI is InChI=1S/C22H22ClN3O4S/c1-4-30-20-7-5-6-15-12-17(22(23)24-21(15)20)19-13-18(25-26(19)31(3,27)28)14-8-10-16(29-2)11-9-14/h5-12,19H,4,13H2,1-3H3/t19-/m0/s1. The zero-order valence-corrected chi connectivity index (χ0v) is 18.9. The monoisotopic (exact) mass is 459 g/mol. The van der Waals surface area contributed by atoms with Gasteiger partial charge >= 0.3 is 0 Å². The number of halogens is 1. The molecule has 1 atom stereocenters. The van der Waals surface area contributed by atoms with E-state index in [1.54, 1.807) is 7.11 Å². The van der Waals surface area contributed by atoms with E-state index >= 15 is 0 Å². The highest BCUT2D eigenvalue weighted by molar-refractivity contribution is 7.88. The van der Waals surface area contributed by atoms with Crippen molar-refractivity contribution in [2.75, 3.05) is 20.0 Å². The molecule has 0 N–H and O–H groups in total. The van der Waals surface area contributed by atoms with Gasteiger partial charge in [0.1, 0.15) is 22.2 Å². The topological polar surface area (TPSA) is 81.1 Å². The van der Waals surface area contributed by atoms with Crippen molar-refractivity contribution in [3.63, 3.8) is 0 Å². The third-order valence-electron chi connectivity index (χ3n) is 5.08. The number of benzene rings is 2. The van der Waals surface area contributed by atoms with Crippen LogP contribution in [0.25, 0.3) is 10.9 Å². The molecule has 0 saturated heterocycles. The van der Waals surface area contributed by atoms with Gasteiger partial charge in [0, 0.05) is 17.4 Å². The molecule has 0 saturated carbocycles. The molecule has 7 nitrogen and oxygen atoms in total. The lowest BCUT2D eigenvalue weighted by Gasteiger charge is -2.22. The summed E-state index contributed by atoms with van der Waals surface area (Å²) in [6.07, 6.45) is 1.51. The molecule has 4 rings (SSSR count). The lowest BCUT2D eigenvalue weighted by Crippen LogP contribution is -2.26. The molecule has 31 heavy (non-hydrogen) atoms. The summed E-state index contributed by atoms with van der Waals surface area (Å²) >= 11 is 6.55. The highest BCUT2D eigenvalue weighted by Gasteiger charge is 2.36. The predicted octanol–water partition coefficient (Wildman–Crippen LogP) is 4.41. The lowest BCUT2D eigenvalue weighted by molar-refractivity contribution is 0.343. The minimum atomic E-state index is -3.63. The van der Waals surface area contributed by atoms with Gasteiger partial charge < -0.3 is 9.47 Å². The zero-order chi connectivity index (χ0) is 22.2. The normalized spacial score (nSPS) is 16.5. The number of hydrazone groups is 1. The Hall–Kier alpha value is -2.84. The Balaban J connectivity index is 1.77. The van der Waals surface area contributed by atoms with E-state index in [0.29, 0.717) is 41.3 Å². The summed E-state index contributed by atoms with van der Waals surface area (Å²) in [5.74, 6) is 1.35. The molecule has 2 heterocycles. The van der Waals surface area contributed by atoms with Gasteiger partial charge in [0.05, 0.1) is 31.7 Å². The van der Waals surface area contributed by atoms with Crippen LogP contribution in [-0.4, -0.2) is 43.5 Å². The Morgan fingerprint density at radius 1 is 1.19 bits per heavy atom. The van der Waals surface area contributed by atoms with Crippen molar-refractivity contribution in [1.29, 1.82) is 0 Å². The van der Waals surface area contributed by atoms with Crippen LogP contribution in [0.2, 0.25) is 5.15 Å². The third-order valence-corrected chi connectivity index (χ3v) is 6.40. The fourth-order valence-corrected chi connectivity index (χ4v) is 4.82. The van der Waals surface area contributed by atoms with Crippen LogP contribution < -0.4 is 9.47 Å². The van der Waals surface area contributed by atoms with Gasteiger partial charge in [0.25, 0.3) is 0 Å². The Labute approximate surface area is 186 Å². The van der Waals surface area contributed by atoms with E-state index < -0.39 is 16.1 Å². The first kappa shape index (κ1) is 21.4. The summed E-state index contributed by atoms with van der Waals surface area (Å²) in [4.78, 5) is 4.53. The molecular formula is C22H22ClN3O4S. The van der Waals surface area contributed by atoms with E-state index in [4.69, 9.17) is 21.1 Å². The zero-order valence-electron chi connectivity index (χ0n) is 17.4. The number of hydrogen-bond acceptors (Lipinski definition) is 6. The number of hydrogen-bond donors (Lipinski definition) is 0. The highest BCUT2D eigenvalue weighted by atomic mass is 35.5. The van der Waals surface area contributed by atoms with Crippen molar-refractivity contribution < 1.29 is 17.9 Å². The SMILES string of the molecule is CCOc1cccc2cc([C@@H]3CC(c4ccc(OC)cc4)=NN3S(C)(=O)=O)c(Cl)nc12. The quantitative estimate of drug-likeness (QED) is 0.510. The second-order valence-electron chi connectivity index (χ2n) is 7.16. The van der Waals surface area contributed by atoms with E-state index in [2.05, 4.69) is 10.1 Å². The molecule has 0 aliphatic carbocycles.